The molecule has 0 bridgehead atoms. The molecule has 0 aliphatic heterocycles. The second-order valence-electron chi connectivity index (χ2n) is 3.47. The summed E-state index contributed by atoms with van der Waals surface area (Å²) in [4.78, 5) is 5.59. The van der Waals surface area contributed by atoms with Gasteiger partial charge in [0.05, 0.1) is 9.88 Å². The van der Waals surface area contributed by atoms with Gasteiger partial charge in [-0.1, -0.05) is 24.3 Å². The molecule has 0 aliphatic carbocycles. The molecule has 15 heavy (non-hydrogen) atoms. The molecule has 0 unspecified atom stereocenters. The number of benzene rings is 1. The first-order valence-electron chi connectivity index (χ1n) is 5.02. The Bertz CT molecular complexity index is 448. The summed E-state index contributed by atoms with van der Waals surface area (Å²) in [6.45, 7) is 2.79. The number of thiazole rings is 1. The lowest BCUT2D eigenvalue weighted by molar-refractivity contribution is 0.953. The van der Waals surface area contributed by atoms with Crippen LogP contribution in [0.3, 0.4) is 0 Å². The lowest BCUT2D eigenvalue weighted by atomic mass is 10.1. The Morgan fingerprint density at radius 1 is 1.33 bits per heavy atom. The van der Waals surface area contributed by atoms with E-state index in [0.717, 1.165) is 11.4 Å². The van der Waals surface area contributed by atoms with Crippen molar-refractivity contribution in [1.29, 1.82) is 0 Å². The van der Waals surface area contributed by atoms with E-state index in [1.807, 2.05) is 6.20 Å². The van der Waals surface area contributed by atoms with Crippen LogP contribution < -0.4 is 5.73 Å². The zero-order chi connectivity index (χ0) is 10.7. The number of hydrogen-bond acceptors (Lipinski definition) is 3. The highest BCUT2D eigenvalue weighted by Gasteiger charge is 2.05. The summed E-state index contributed by atoms with van der Waals surface area (Å²) in [6, 6.07) is 8.37. The predicted molar refractivity (Wildman–Crippen MR) is 65.0 cm³/mol. The van der Waals surface area contributed by atoms with Gasteiger partial charge < -0.3 is 5.73 Å². The molecular formula is C12H14N2S. The van der Waals surface area contributed by atoms with E-state index in [0.29, 0.717) is 6.54 Å². The van der Waals surface area contributed by atoms with Crippen LogP contribution in [0.4, 0.5) is 0 Å². The SMILES string of the molecule is Cc1ccccc1-c1cnc(CCN)s1. The lowest BCUT2D eigenvalue weighted by Gasteiger charge is -2.00. The summed E-state index contributed by atoms with van der Waals surface area (Å²) in [5.41, 5.74) is 8.07. The molecule has 3 heteroatoms. The molecule has 0 fully saturated rings. The number of rotatable bonds is 3. The Hall–Kier alpha value is -1.19. The molecule has 0 aliphatic rings. The molecule has 0 spiro atoms. The third-order valence-electron chi connectivity index (χ3n) is 2.32. The molecule has 0 saturated carbocycles. The molecule has 0 radical (unpaired) electrons. The van der Waals surface area contributed by atoms with E-state index in [2.05, 4.69) is 36.2 Å². The van der Waals surface area contributed by atoms with Crippen molar-refractivity contribution in [2.24, 2.45) is 5.73 Å². The Kier molecular flexibility index (Phi) is 3.14. The third-order valence-corrected chi connectivity index (χ3v) is 3.41. The molecule has 2 N–H and O–H groups in total. The standard InChI is InChI=1S/C12H14N2S/c1-9-4-2-3-5-10(9)11-8-14-12(15-11)6-7-13/h2-5,8H,6-7,13H2,1H3. The fourth-order valence-electron chi connectivity index (χ4n) is 1.52. The predicted octanol–water partition coefficient (Wildman–Crippen LogP) is 2.62. The van der Waals surface area contributed by atoms with E-state index in [1.165, 1.54) is 16.0 Å². The summed E-state index contributed by atoms with van der Waals surface area (Å²) in [5, 5.41) is 1.12. The molecule has 1 aromatic carbocycles. The largest absolute Gasteiger partial charge is 0.330 e. The van der Waals surface area contributed by atoms with Crippen LogP contribution >= 0.6 is 11.3 Å². The quantitative estimate of drug-likeness (QED) is 0.860. The fourth-order valence-corrected chi connectivity index (χ4v) is 2.55. The number of nitrogens with zero attached hydrogens (tertiary/aromatic N) is 1. The average molecular weight is 218 g/mol. The van der Waals surface area contributed by atoms with Gasteiger partial charge in [0.15, 0.2) is 0 Å². The van der Waals surface area contributed by atoms with E-state index < -0.39 is 0 Å². The molecule has 0 amide bonds. The Morgan fingerprint density at radius 3 is 2.87 bits per heavy atom. The molecule has 78 valence electrons. The summed E-state index contributed by atoms with van der Waals surface area (Å²) >= 11 is 1.73. The first-order chi connectivity index (χ1) is 7.31. The topological polar surface area (TPSA) is 38.9 Å². The minimum Gasteiger partial charge on any atom is -0.330 e. The maximum Gasteiger partial charge on any atom is 0.0943 e. The Balaban J connectivity index is 2.33. The van der Waals surface area contributed by atoms with Crippen LogP contribution in [0, 0.1) is 6.92 Å². The number of aryl methyl sites for hydroxylation is 1. The highest BCUT2D eigenvalue weighted by molar-refractivity contribution is 7.15. The van der Waals surface area contributed by atoms with Gasteiger partial charge in [-0.25, -0.2) is 4.98 Å². The third kappa shape index (κ3) is 2.25. The average Bonchev–Trinajstić information content (AvgIpc) is 2.68. The van der Waals surface area contributed by atoms with E-state index in [4.69, 9.17) is 5.73 Å². The Labute approximate surface area is 93.8 Å². The van der Waals surface area contributed by atoms with Gasteiger partial charge >= 0.3 is 0 Å². The van der Waals surface area contributed by atoms with Crippen LogP contribution in [0.1, 0.15) is 10.6 Å². The van der Waals surface area contributed by atoms with Gasteiger partial charge in [0.25, 0.3) is 0 Å². The summed E-state index contributed by atoms with van der Waals surface area (Å²) in [7, 11) is 0. The minimum absolute atomic E-state index is 0.667. The van der Waals surface area contributed by atoms with Gasteiger partial charge in [-0.2, -0.15) is 0 Å². The summed E-state index contributed by atoms with van der Waals surface area (Å²) in [5.74, 6) is 0. The van der Waals surface area contributed by atoms with Crippen molar-refractivity contribution >= 4 is 11.3 Å². The first kappa shape index (κ1) is 10.3. The van der Waals surface area contributed by atoms with Crippen molar-refractivity contribution in [3.05, 3.63) is 41.0 Å². The fraction of sp³-hybridized carbons (Fsp3) is 0.250. The van der Waals surface area contributed by atoms with Gasteiger partial charge in [0.2, 0.25) is 0 Å². The highest BCUT2D eigenvalue weighted by atomic mass is 32.1. The number of nitrogens with two attached hydrogens (primary N) is 1. The molecule has 2 nitrogen and oxygen atoms in total. The first-order valence-corrected chi connectivity index (χ1v) is 5.83. The summed E-state index contributed by atoms with van der Waals surface area (Å²) in [6.07, 6.45) is 2.81. The maximum absolute atomic E-state index is 5.51. The molecule has 1 heterocycles. The van der Waals surface area contributed by atoms with Crippen LogP contribution in [0.5, 0.6) is 0 Å². The van der Waals surface area contributed by atoms with Crippen molar-refractivity contribution in [3.8, 4) is 10.4 Å². The zero-order valence-electron chi connectivity index (χ0n) is 8.73. The van der Waals surface area contributed by atoms with Gasteiger partial charge in [-0.3, -0.25) is 0 Å². The summed E-state index contributed by atoms with van der Waals surface area (Å²) < 4.78 is 0. The van der Waals surface area contributed by atoms with Crippen LogP contribution in [-0.4, -0.2) is 11.5 Å². The molecule has 2 aromatic rings. The Morgan fingerprint density at radius 2 is 2.13 bits per heavy atom. The van der Waals surface area contributed by atoms with Crippen molar-refractivity contribution in [2.75, 3.05) is 6.54 Å². The number of aromatic nitrogens is 1. The molecule has 0 atom stereocenters. The van der Waals surface area contributed by atoms with Crippen molar-refractivity contribution < 1.29 is 0 Å². The van der Waals surface area contributed by atoms with Crippen LogP contribution in [0.2, 0.25) is 0 Å². The van der Waals surface area contributed by atoms with Crippen molar-refractivity contribution in [2.45, 2.75) is 13.3 Å². The van der Waals surface area contributed by atoms with Crippen molar-refractivity contribution in [1.82, 2.24) is 4.98 Å². The van der Waals surface area contributed by atoms with E-state index in [1.54, 1.807) is 11.3 Å². The van der Waals surface area contributed by atoms with Gasteiger partial charge in [0.1, 0.15) is 0 Å². The van der Waals surface area contributed by atoms with E-state index >= 15 is 0 Å². The molecular weight excluding hydrogens is 204 g/mol. The second kappa shape index (κ2) is 4.55. The van der Waals surface area contributed by atoms with E-state index in [9.17, 15) is 0 Å². The number of hydrogen-bond donors (Lipinski definition) is 1. The smallest absolute Gasteiger partial charge is 0.0943 e. The normalized spacial score (nSPS) is 10.5. The maximum atomic E-state index is 5.51. The lowest BCUT2D eigenvalue weighted by Crippen LogP contribution is -2.01. The molecule has 1 aromatic heterocycles. The van der Waals surface area contributed by atoms with E-state index in [-0.39, 0.29) is 0 Å². The minimum atomic E-state index is 0.667. The second-order valence-corrected chi connectivity index (χ2v) is 4.59. The zero-order valence-corrected chi connectivity index (χ0v) is 9.55. The van der Waals surface area contributed by atoms with Crippen LogP contribution in [-0.2, 0) is 6.42 Å². The molecule has 0 saturated heterocycles. The molecule has 2 rings (SSSR count). The van der Waals surface area contributed by atoms with Crippen molar-refractivity contribution in [3.63, 3.8) is 0 Å². The van der Waals surface area contributed by atoms with Gasteiger partial charge in [-0.05, 0) is 24.6 Å². The van der Waals surface area contributed by atoms with Crippen LogP contribution in [0.25, 0.3) is 10.4 Å². The van der Waals surface area contributed by atoms with Crippen LogP contribution in [0.15, 0.2) is 30.5 Å². The monoisotopic (exact) mass is 218 g/mol. The highest BCUT2D eigenvalue weighted by Crippen LogP contribution is 2.28. The van der Waals surface area contributed by atoms with Gasteiger partial charge in [0, 0.05) is 12.6 Å². The van der Waals surface area contributed by atoms with Gasteiger partial charge in [-0.15, -0.1) is 11.3 Å².